The molecule has 0 radical (unpaired) electrons. The number of aryl methyl sites for hydroxylation is 2. The minimum absolute atomic E-state index is 0.510. The number of aromatic nitrogens is 6. The summed E-state index contributed by atoms with van der Waals surface area (Å²) in [6, 6.07) is 8.20. The van der Waals surface area contributed by atoms with Crippen LogP contribution in [0.25, 0.3) is 22.7 Å². The van der Waals surface area contributed by atoms with Crippen LogP contribution in [0, 0.1) is 13.8 Å². The molecule has 0 spiro atoms. The standard InChI is InChI=1S/C20H21N7O/c1-13-4-5-14(2)26(13)19-10-18(25-8-9-28-12-15(25)3)23-20-16(11-22-27(19)20)17-6-7-21-24-17/h4-7,10-11H,3,8-9,12H2,1-2H3,(H,21,24). The molecule has 0 amide bonds. The SMILES string of the molecule is C=C1COCCN1c1cc(-n2c(C)ccc2C)n2ncc(-c3ccn[nH]3)c2n1. The van der Waals surface area contributed by atoms with E-state index in [1.807, 2.05) is 16.8 Å². The zero-order chi connectivity index (χ0) is 19.3. The minimum Gasteiger partial charge on any atom is -0.373 e. The van der Waals surface area contributed by atoms with Crippen molar-refractivity contribution in [2.45, 2.75) is 13.8 Å². The van der Waals surface area contributed by atoms with Crippen molar-refractivity contribution in [2.24, 2.45) is 0 Å². The number of nitrogens with one attached hydrogen (secondary N) is 1. The molecule has 5 rings (SSSR count). The predicted octanol–water partition coefficient (Wildman–Crippen LogP) is 2.88. The second kappa shape index (κ2) is 6.35. The van der Waals surface area contributed by atoms with Crippen LogP contribution in [0.15, 0.2) is 48.9 Å². The zero-order valence-electron chi connectivity index (χ0n) is 15.9. The van der Waals surface area contributed by atoms with E-state index in [9.17, 15) is 0 Å². The summed E-state index contributed by atoms with van der Waals surface area (Å²) in [6.45, 7) is 10.2. The van der Waals surface area contributed by atoms with E-state index in [1.54, 1.807) is 6.20 Å². The topological polar surface area (TPSA) is 76.3 Å². The molecule has 5 heterocycles. The van der Waals surface area contributed by atoms with E-state index < -0.39 is 0 Å². The third kappa shape index (κ3) is 2.53. The maximum atomic E-state index is 5.52. The van der Waals surface area contributed by atoms with E-state index in [2.05, 4.69) is 63.4 Å². The molecule has 0 unspecified atom stereocenters. The normalized spacial score (nSPS) is 14.9. The van der Waals surface area contributed by atoms with Gasteiger partial charge in [-0.25, -0.2) is 4.98 Å². The van der Waals surface area contributed by atoms with E-state index in [0.717, 1.165) is 52.2 Å². The molecule has 8 nitrogen and oxygen atoms in total. The molecule has 0 aromatic carbocycles. The van der Waals surface area contributed by atoms with Crippen molar-refractivity contribution >= 4 is 11.5 Å². The molecule has 1 saturated heterocycles. The Hall–Kier alpha value is -3.39. The lowest BCUT2D eigenvalue weighted by Crippen LogP contribution is -2.34. The average molecular weight is 375 g/mol. The van der Waals surface area contributed by atoms with E-state index in [0.29, 0.717) is 13.2 Å². The Morgan fingerprint density at radius 3 is 2.71 bits per heavy atom. The van der Waals surface area contributed by atoms with Crippen LogP contribution in [-0.2, 0) is 4.74 Å². The number of fused-ring (bicyclic) bond motifs is 1. The predicted molar refractivity (Wildman–Crippen MR) is 107 cm³/mol. The lowest BCUT2D eigenvalue weighted by atomic mass is 10.2. The van der Waals surface area contributed by atoms with Crippen LogP contribution >= 0.6 is 0 Å². The molecule has 4 aromatic heterocycles. The van der Waals surface area contributed by atoms with E-state index in [1.165, 1.54) is 0 Å². The number of nitrogens with zero attached hydrogens (tertiary/aromatic N) is 6. The molecule has 1 aliphatic rings. The summed E-state index contributed by atoms with van der Waals surface area (Å²) in [4.78, 5) is 7.06. The summed E-state index contributed by atoms with van der Waals surface area (Å²) in [5.74, 6) is 1.77. The Bertz CT molecular complexity index is 1150. The Morgan fingerprint density at radius 1 is 1.18 bits per heavy atom. The lowest BCUT2D eigenvalue weighted by molar-refractivity contribution is 0.143. The Balaban J connectivity index is 1.79. The molecule has 0 aliphatic carbocycles. The molecule has 28 heavy (non-hydrogen) atoms. The van der Waals surface area contributed by atoms with Crippen LogP contribution < -0.4 is 4.90 Å². The molecular weight excluding hydrogens is 354 g/mol. The number of ether oxygens (including phenoxy) is 1. The average Bonchev–Trinajstić information content (AvgIpc) is 3.42. The van der Waals surface area contributed by atoms with E-state index in [4.69, 9.17) is 9.72 Å². The van der Waals surface area contributed by atoms with Gasteiger partial charge in [0.05, 0.1) is 30.7 Å². The first kappa shape index (κ1) is 16.8. The Kier molecular flexibility index (Phi) is 3.80. The van der Waals surface area contributed by atoms with Gasteiger partial charge in [-0.05, 0) is 32.0 Å². The van der Waals surface area contributed by atoms with Gasteiger partial charge in [-0.15, -0.1) is 0 Å². The smallest absolute Gasteiger partial charge is 0.169 e. The highest BCUT2D eigenvalue weighted by atomic mass is 16.5. The molecule has 1 aliphatic heterocycles. The Morgan fingerprint density at radius 2 is 2.00 bits per heavy atom. The number of rotatable bonds is 3. The fourth-order valence-corrected chi connectivity index (χ4v) is 3.72. The van der Waals surface area contributed by atoms with Crippen molar-refractivity contribution < 1.29 is 4.74 Å². The van der Waals surface area contributed by atoms with Crippen LogP contribution in [0.2, 0.25) is 0 Å². The zero-order valence-corrected chi connectivity index (χ0v) is 15.9. The second-order valence-corrected chi connectivity index (χ2v) is 6.96. The number of aromatic amines is 1. The van der Waals surface area contributed by atoms with E-state index in [-0.39, 0.29) is 0 Å². The fraction of sp³-hybridized carbons (Fsp3) is 0.250. The summed E-state index contributed by atoms with van der Waals surface area (Å²) in [7, 11) is 0. The molecule has 1 fully saturated rings. The van der Waals surface area contributed by atoms with Crippen LogP contribution in [0.5, 0.6) is 0 Å². The molecule has 8 heteroatoms. The van der Waals surface area contributed by atoms with Crippen molar-refractivity contribution in [3.05, 3.63) is 60.3 Å². The van der Waals surface area contributed by atoms with Crippen LogP contribution in [0.4, 0.5) is 5.82 Å². The van der Waals surface area contributed by atoms with Gasteiger partial charge in [0.25, 0.3) is 0 Å². The Labute approximate surface area is 162 Å². The van der Waals surface area contributed by atoms with Crippen molar-refractivity contribution in [3.63, 3.8) is 0 Å². The first-order valence-corrected chi connectivity index (χ1v) is 9.20. The molecule has 0 atom stereocenters. The van der Waals surface area contributed by atoms with Gasteiger partial charge in [0.1, 0.15) is 11.6 Å². The quantitative estimate of drug-likeness (QED) is 0.596. The summed E-state index contributed by atoms with van der Waals surface area (Å²) < 4.78 is 9.59. The number of anilines is 1. The second-order valence-electron chi connectivity index (χ2n) is 6.96. The van der Waals surface area contributed by atoms with Gasteiger partial charge in [-0.2, -0.15) is 14.7 Å². The first-order chi connectivity index (χ1) is 13.6. The molecular formula is C20H21N7O. The summed E-state index contributed by atoms with van der Waals surface area (Å²) >= 11 is 0. The molecule has 0 bridgehead atoms. The van der Waals surface area contributed by atoms with Crippen molar-refractivity contribution in [3.8, 4) is 17.1 Å². The molecule has 1 N–H and O–H groups in total. The van der Waals surface area contributed by atoms with Crippen molar-refractivity contribution in [1.82, 2.24) is 29.4 Å². The molecule has 4 aromatic rings. The third-order valence-electron chi connectivity index (χ3n) is 5.12. The molecule has 142 valence electrons. The van der Waals surface area contributed by atoms with Gasteiger partial charge in [-0.1, -0.05) is 6.58 Å². The summed E-state index contributed by atoms with van der Waals surface area (Å²) in [5.41, 5.74) is 5.72. The number of hydrogen-bond acceptors (Lipinski definition) is 5. The number of hydrogen-bond donors (Lipinski definition) is 1. The minimum atomic E-state index is 0.510. The largest absolute Gasteiger partial charge is 0.373 e. The van der Waals surface area contributed by atoms with Crippen LogP contribution in [0.3, 0.4) is 0 Å². The highest BCUT2D eigenvalue weighted by Crippen LogP contribution is 2.29. The van der Waals surface area contributed by atoms with Crippen molar-refractivity contribution in [1.29, 1.82) is 0 Å². The lowest BCUT2D eigenvalue weighted by Gasteiger charge is -2.30. The van der Waals surface area contributed by atoms with E-state index >= 15 is 0 Å². The number of morpholine rings is 1. The van der Waals surface area contributed by atoms with Gasteiger partial charge < -0.3 is 14.2 Å². The van der Waals surface area contributed by atoms with Gasteiger partial charge in [-0.3, -0.25) is 5.10 Å². The van der Waals surface area contributed by atoms with Gasteiger partial charge in [0, 0.05) is 35.9 Å². The third-order valence-corrected chi connectivity index (χ3v) is 5.12. The maximum Gasteiger partial charge on any atom is 0.169 e. The fourth-order valence-electron chi connectivity index (χ4n) is 3.72. The molecule has 0 saturated carbocycles. The first-order valence-electron chi connectivity index (χ1n) is 9.20. The maximum absolute atomic E-state index is 5.52. The monoisotopic (exact) mass is 375 g/mol. The number of H-pyrrole nitrogens is 1. The highest BCUT2D eigenvalue weighted by Gasteiger charge is 2.22. The highest BCUT2D eigenvalue weighted by molar-refractivity contribution is 5.76. The van der Waals surface area contributed by atoms with Gasteiger partial charge >= 0.3 is 0 Å². The van der Waals surface area contributed by atoms with Gasteiger partial charge in [0.2, 0.25) is 0 Å². The van der Waals surface area contributed by atoms with Crippen LogP contribution in [-0.4, -0.2) is 49.1 Å². The summed E-state index contributed by atoms with van der Waals surface area (Å²) in [6.07, 6.45) is 3.55. The van der Waals surface area contributed by atoms with Crippen LogP contribution in [0.1, 0.15) is 11.4 Å². The van der Waals surface area contributed by atoms with Gasteiger partial charge in [0.15, 0.2) is 5.65 Å². The summed E-state index contributed by atoms with van der Waals surface area (Å²) in [5, 5.41) is 11.7. The van der Waals surface area contributed by atoms with Crippen molar-refractivity contribution in [2.75, 3.05) is 24.7 Å².